The molecular formula is C9H11ClN4O3S. The number of amides is 3. The summed E-state index contributed by atoms with van der Waals surface area (Å²) in [6.45, 7) is 1.34. The van der Waals surface area contributed by atoms with Gasteiger partial charge >= 0.3 is 0 Å². The lowest BCUT2D eigenvalue weighted by molar-refractivity contribution is -0.121. The molecule has 0 saturated heterocycles. The number of nitrogens with one attached hydrogen (secondary N) is 3. The topological polar surface area (TPSA) is 100 Å². The molecule has 3 amide bonds. The molecule has 0 aliphatic heterocycles. The van der Waals surface area contributed by atoms with Gasteiger partial charge in [-0.3, -0.25) is 25.2 Å². The van der Waals surface area contributed by atoms with Gasteiger partial charge in [0.15, 0.2) is 5.13 Å². The number of rotatable bonds is 4. The normalized spacial score (nSPS) is 9.67. The van der Waals surface area contributed by atoms with E-state index in [1.54, 1.807) is 0 Å². The molecule has 0 saturated carbocycles. The molecule has 0 unspecified atom stereocenters. The third-order valence-corrected chi connectivity index (χ3v) is 2.60. The predicted octanol–water partition coefficient (Wildman–Crippen LogP) is 0.491. The second-order valence-corrected chi connectivity index (χ2v) is 4.40. The molecule has 0 fully saturated rings. The summed E-state index contributed by atoms with van der Waals surface area (Å²) >= 11 is 6.47. The second-order valence-electron chi connectivity index (χ2n) is 3.16. The molecule has 3 N–H and O–H groups in total. The smallest absolute Gasteiger partial charge is 0.289 e. The zero-order valence-electron chi connectivity index (χ0n) is 9.45. The number of halogens is 1. The van der Waals surface area contributed by atoms with Crippen LogP contribution in [0.4, 0.5) is 5.13 Å². The predicted molar refractivity (Wildman–Crippen MR) is 67.4 cm³/mol. The fraction of sp³-hybridized carbons (Fsp3) is 0.333. The van der Waals surface area contributed by atoms with E-state index in [1.807, 2.05) is 0 Å². The van der Waals surface area contributed by atoms with Gasteiger partial charge in [-0.05, 0) is 0 Å². The minimum absolute atomic E-state index is 0.106. The van der Waals surface area contributed by atoms with Gasteiger partial charge in [-0.15, -0.1) is 22.9 Å². The number of anilines is 1. The van der Waals surface area contributed by atoms with Crippen LogP contribution in [0.1, 0.15) is 23.8 Å². The first kappa shape index (κ1) is 14.4. The van der Waals surface area contributed by atoms with Crippen LogP contribution in [-0.2, 0) is 9.59 Å². The molecule has 18 heavy (non-hydrogen) atoms. The molecule has 1 aromatic heterocycles. The molecule has 0 spiro atoms. The third-order valence-electron chi connectivity index (χ3n) is 1.66. The molecule has 0 atom stereocenters. The number of carbonyl (C=O) groups is 3. The van der Waals surface area contributed by atoms with Crippen molar-refractivity contribution in [3.05, 3.63) is 11.1 Å². The summed E-state index contributed by atoms with van der Waals surface area (Å²) in [6, 6.07) is 0. The molecule has 0 aliphatic carbocycles. The van der Waals surface area contributed by atoms with Gasteiger partial charge in [0, 0.05) is 24.6 Å². The van der Waals surface area contributed by atoms with Crippen molar-refractivity contribution in [1.29, 1.82) is 0 Å². The van der Waals surface area contributed by atoms with Crippen LogP contribution in [0.3, 0.4) is 0 Å². The first-order chi connectivity index (χ1) is 8.52. The van der Waals surface area contributed by atoms with Crippen molar-refractivity contribution in [1.82, 2.24) is 15.8 Å². The molecule has 1 aromatic rings. The fourth-order valence-electron chi connectivity index (χ4n) is 0.925. The fourth-order valence-corrected chi connectivity index (χ4v) is 1.83. The maximum Gasteiger partial charge on any atom is 0.289 e. The van der Waals surface area contributed by atoms with Crippen molar-refractivity contribution in [3.8, 4) is 0 Å². The van der Waals surface area contributed by atoms with Gasteiger partial charge in [-0.25, -0.2) is 4.98 Å². The lowest BCUT2D eigenvalue weighted by atomic mass is 10.4. The largest absolute Gasteiger partial charge is 0.302 e. The highest BCUT2D eigenvalue weighted by Gasteiger charge is 2.11. The molecule has 9 heteroatoms. The third kappa shape index (κ3) is 4.68. The number of thiazole rings is 1. The molecule has 0 bridgehead atoms. The summed E-state index contributed by atoms with van der Waals surface area (Å²) < 4.78 is 0. The van der Waals surface area contributed by atoms with Crippen LogP contribution in [0.15, 0.2) is 5.38 Å². The standard InChI is InChI=1S/C9H11ClN4O3S/c1-5(15)11-9-12-6(4-18-9)8(17)14-13-7(16)2-3-10/h4H,2-3H2,1H3,(H,13,16)(H,14,17)(H,11,12,15). The van der Waals surface area contributed by atoms with Crippen LogP contribution in [0.2, 0.25) is 0 Å². The maximum atomic E-state index is 11.5. The number of nitrogens with zero attached hydrogens (tertiary/aromatic N) is 1. The van der Waals surface area contributed by atoms with Gasteiger partial charge in [-0.2, -0.15) is 0 Å². The average molecular weight is 291 g/mol. The first-order valence-corrected chi connectivity index (χ1v) is 6.32. The van der Waals surface area contributed by atoms with Gasteiger partial charge in [0.2, 0.25) is 11.8 Å². The Morgan fingerprint density at radius 1 is 1.39 bits per heavy atom. The minimum Gasteiger partial charge on any atom is -0.302 e. The number of hydrogen-bond acceptors (Lipinski definition) is 5. The summed E-state index contributed by atoms with van der Waals surface area (Å²) in [4.78, 5) is 37.2. The molecule has 0 aliphatic rings. The lowest BCUT2D eigenvalue weighted by Gasteiger charge is -2.04. The number of alkyl halides is 1. The van der Waals surface area contributed by atoms with E-state index in [0.717, 1.165) is 11.3 Å². The molecule has 1 rings (SSSR count). The highest BCUT2D eigenvalue weighted by atomic mass is 35.5. The van der Waals surface area contributed by atoms with E-state index in [1.165, 1.54) is 12.3 Å². The maximum absolute atomic E-state index is 11.5. The van der Waals surface area contributed by atoms with Crippen molar-refractivity contribution >= 4 is 45.8 Å². The molecule has 0 aromatic carbocycles. The van der Waals surface area contributed by atoms with Crippen LogP contribution >= 0.6 is 22.9 Å². The zero-order valence-corrected chi connectivity index (χ0v) is 11.0. The average Bonchev–Trinajstić information content (AvgIpc) is 2.74. The van der Waals surface area contributed by atoms with Crippen LogP contribution in [-0.4, -0.2) is 28.6 Å². The van der Waals surface area contributed by atoms with E-state index in [9.17, 15) is 14.4 Å². The van der Waals surface area contributed by atoms with Crippen molar-refractivity contribution in [2.75, 3.05) is 11.2 Å². The first-order valence-electron chi connectivity index (χ1n) is 4.91. The van der Waals surface area contributed by atoms with Crippen molar-refractivity contribution in [3.63, 3.8) is 0 Å². The Kier molecular flexibility index (Phi) is 5.53. The number of carbonyl (C=O) groups excluding carboxylic acids is 3. The lowest BCUT2D eigenvalue weighted by Crippen LogP contribution is -2.41. The summed E-state index contributed by atoms with van der Waals surface area (Å²) in [5, 5.41) is 4.23. The zero-order chi connectivity index (χ0) is 13.5. The summed E-state index contributed by atoms with van der Waals surface area (Å²) in [5.74, 6) is -1.06. The Hall–Kier alpha value is -1.67. The van der Waals surface area contributed by atoms with E-state index in [2.05, 4.69) is 21.2 Å². The van der Waals surface area contributed by atoms with E-state index in [-0.39, 0.29) is 23.9 Å². The summed E-state index contributed by atoms with van der Waals surface area (Å²) in [6.07, 6.45) is 0.107. The van der Waals surface area contributed by atoms with Gasteiger partial charge < -0.3 is 5.32 Å². The van der Waals surface area contributed by atoms with Gasteiger partial charge in [-0.1, -0.05) is 0 Å². The van der Waals surface area contributed by atoms with Crippen LogP contribution in [0, 0.1) is 0 Å². The van der Waals surface area contributed by atoms with Crippen LogP contribution < -0.4 is 16.2 Å². The number of hydrazine groups is 1. The molecule has 98 valence electrons. The van der Waals surface area contributed by atoms with Crippen LogP contribution in [0.25, 0.3) is 0 Å². The van der Waals surface area contributed by atoms with Crippen molar-refractivity contribution in [2.24, 2.45) is 0 Å². The van der Waals surface area contributed by atoms with E-state index in [4.69, 9.17) is 11.6 Å². The van der Waals surface area contributed by atoms with Crippen molar-refractivity contribution < 1.29 is 14.4 Å². The Balaban J connectivity index is 2.49. The Morgan fingerprint density at radius 2 is 2.11 bits per heavy atom. The van der Waals surface area contributed by atoms with E-state index < -0.39 is 11.8 Å². The van der Waals surface area contributed by atoms with Crippen molar-refractivity contribution in [2.45, 2.75) is 13.3 Å². The Bertz CT molecular complexity index is 462. The quantitative estimate of drug-likeness (QED) is 0.555. The second kappa shape index (κ2) is 6.92. The van der Waals surface area contributed by atoms with Gasteiger partial charge in [0.05, 0.1) is 0 Å². The Morgan fingerprint density at radius 3 is 2.72 bits per heavy atom. The SMILES string of the molecule is CC(=O)Nc1nc(C(=O)NNC(=O)CCCl)cs1. The van der Waals surface area contributed by atoms with E-state index in [0.29, 0.717) is 5.13 Å². The monoisotopic (exact) mass is 290 g/mol. The molecule has 0 radical (unpaired) electrons. The van der Waals surface area contributed by atoms with Gasteiger partial charge in [0.1, 0.15) is 5.69 Å². The molecule has 7 nitrogen and oxygen atoms in total. The van der Waals surface area contributed by atoms with E-state index >= 15 is 0 Å². The Labute approximate surface area is 112 Å². The van der Waals surface area contributed by atoms with Crippen LogP contribution in [0.5, 0.6) is 0 Å². The number of hydrogen-bond donors (Lipinski definition) is 3. The highest BCUT2D eigenvalue weighted by Crippen LogP contribution is 2.14. The highest BCUT2D eigenvalue weighted by molar-refractivity contribution is 7.14. The van der Waals surface area contributed by atoms with Gasteiger partial charge in [0.25, 0.3) is 5.91 Å². The summed E-state index contributed by atoms with van der Waals surface area (Å²) in [5.41, 5.74) is 4.48. The molecule has 1 heterocycles. The minimum atomic E-state index is -0.564. The molecular weight excluding hydrogens is 280 g/mol. The number of aromatic nitrogens is 1. The summed E-state index contributed by atoms with van der Waals surface area (Å²) in [7, 11) is 0.